The molecule has 1 aromatic carbocycles. The number of cyclic esters (lactones) is 1. The SMILES string of the molecule is Cc1cc(Br)cc2c1CC(C)(C(=O)O)OC2=O. The first kappa shape index (κ1) is 12.1. The molecule has 1 aromatic rings. The van der Waals surface area contributed by atoms with Gasteiger partial charge in [0.1, 0.15) is 0 Å². The van der Waals surface area contributed by atoms with Crippen molar-refractivity contribution >= 4 is 27.9 Å². The summed E-state index contributed by atoms with van der Waals surface area (Å²) >= 11 is 3.30. The third-order valence-electron chi connectivity index (χ3n) is 2.94. The van der Waals surface area contributed by atoms with E-state index >= 15 is 0 Å². The highest BCUT2D eigenvalue weighted by molar-refractivity contribution is 9.10. The van der Waals surface area contributed by atoms with Crippen LogP contribution in [0.25, 0.3) is 0 Å². The molecule has 5 heteroatoms. The van der Waals surface area contributed by atoms with E-state index < -0.39 is 17.5 Å². The Balaban J connectivity index is 2.58. The Morgan fingerprint density at radius 3 is 2.76 bits per heavy atom. The van der Waals surface area contributed by atoms with E-state index in [2.05, 4.69) is 15.9 Å². The smallest absolute Gasteiger partial charge is 0.348 e. The van der Waals surface area contributed by atoms with Gasteiger partial charge >= 0.3 is 11.9 Å². The number of hydrogen-bond acceptors (Lipinski definition) is 3. The molecule has 0 radical (unpaired) electrons. The molecule has 1 aliphatic rings. The zero-order valence-electron chi connectivity index (χ0n) is 9.41. The predicted molar refractivity (Wildman–Crippen MR) is 64.0 cm³/mol. The molecule has 0 spiro atoms. The van der Waals surface area contributed by atoms with Gasteiger partial charge < -0.3 is 9.84 Å². The van der Waals surface area contributed by atoms with Crippen LogP contribution in [-0.4, -0.2) is 22.6 Å². The van der Waals surface area contributed by atoms with Crippen molar-refractivity contribution < 1.29 is 19.4 Å². The second-order valence-corrected chi connectivity index (χ2v) is 5.27. The van der Waals surface area contributed by atoms with Gasteiger partial charge in [-0.05, 0) is 37.1 Å². The average molecular weight is 299 g/mol. The number of esters is 1. The number of hydrogen-bond donors (Lipinski definition) is 1. The number of rotatable bonds is 1. The molecule has 1 atom stereocenters. The van der Waals surface area contributed by atoms with E-state index in [-0.39, 0.29) is 6.42 Å². The number of carboxylic acid groups (broad SMARTS) is 1. The Morgan fingerprint density at radius 2 is 2.18 bits per heavy atom. The van der Waals surface area contributed by atoms with Crippen molar-refractivity contribution in [2.24, 2.45) is 0 Å². The minimum absolute atomic E-state index is 0.197. The lowest BCUT2D eigenvalue weighted by atomic mass is 9.87. The summed E-state index contributed by atoms with van der Waals surface area (Å²) in [6.07, 6.45) is 0.197. The molecule has 0 fully saturated rings. The van der Waals surface area contributed by atoms with Crippen LogP contribution in [0.2, 0.25) is 0 Å². The highest BCUT2D eigenvalue weighted by Crippen LogP contribution is 2.32. The second-order valence-electron chi connectivity index (χ2n) is 4.35. The molecular weight excluding hydrogens is 288 g/mol. The molecule has 0 bridgehead atoms. The summed E-state index contributed by atoms with van der Waals surface area (Å²) in [5, 5.41) is 9.10. The van der Waals surface area contributed by atoms with Crippen molar-refractivity contribution in [3.8, 4) is 0 Å². The lowest BCUT2D eigenvalue weighted by Crippen LogP contribution is -2.46. The summed E-state index contributed by atoms with van der Waals surface area (Å²) in [4.78, 5) is 22.9. The number of halogens is 1. The zero-order chi connectivity index (χ0) is 12.8. The average Bonchev–Trinajstić information content (AvgIpc) is 2.20. The van der Waals surface area contributed by atoms with E-state index in [4.69, 9.17) is 9.84 Å². The summed E-state index contributed by atoms with van der Waals surface area (Å²) < 4.78 is 5.79. The van der Waals surface area contributed by atoms with Gasteiger partial charge in [0.05, 0.1) is 5.56 Å². The molecule has 17 heavy (non-hydrogen) atoms. The normalized spacial score (nSPS) is 22.9. The largest absolute Gasteiger partial charge is 0.478 e. The summed E-state index contributed by atoms with van der Waals surface area (Å²) in [5.41, 5.74) is 0.603. The lowest BCUT2D eigenvalue weighted by molar-refractivity contribution is -0.158. The Bertz CT molecular complexity index is 523. The van der Waals surface area contributed by atoms with Crippen molar-refractivity contribution in [3.05, 3.63) is 33.3 Å². The number of carboxylic acids is 1. The third kappa shape index (κ3) is 1.95. The van der Waals surface area contributed by atoms with E-state index in [1.54, 1.807) is 6.07 Å². The molecule has 0 saturated heterocycles. The molecule has 2 rings (SSSR count). The van der Waals surface area contributed by atoms with Crippen molar-refractivity contribution in [2.75, 3.05) is 0 Å². The van der Waals surface area contributed by atoms with Crippen LogP contribution in [0.1, 0.15) is 28.4 Å². The van der Waals surface area contributed by atoms with Crippen LogP contribution in [0.15, 0.2) is 16.6 Å². The number of benzene rings is 1. The maximum Gasteiger partial charge on any atom is 0.348 e. The van der Waals surface area contributed by atoms with Gasteiger partial charge in [-0.1, -0.05) is 15.9 Å². The third-order valence-corrected chi connectivity index (χ3v) is 3.40. The minimum Gasteiger partial charge on any atom is -0.478 e. The van der Waals surface area contributed by atoms with Gasteiger partial charge in [-0.15, -0.1) is 0 Å². The predicted octanol–water partition coefficient (Wildman–Crippen LogP) is 2.31. The molecule has 1 N–H and O–H groups in total. The molecule has 1 heterocycles. The topological polar surface area (TPSA) is 63.6 Å². The molecule has 1 aliphatic heterocycles. The van der Waals surface area contributed by atoms with E-state index in [0.717, 1.165) is 15.6 Å². The monoisotopic (exact) mass is 298 g/mol. The Morgan fingerprint density at radius 1 is 1.53 bits per heavy atom. The number of aliphatic carboxylic acids is 1. The van der Waals surface area contributed by atoms with Gasteiger partial charge in [0, 0.05) is 10.9 Å². The molecule has 0 saturated carbocycles. The van der Waals surface area contributed by atoms with Crippen LogP contribution in [0.5, 0.6) is 0 Å². The van der Waals surface area contributed by atoms with Gasteiger partial charge in [-0.25, -0.2) is 9.59 Å². The van der Waals surface area contributed by atoms with Gasteiger partial charge in [-0.3, -0.25) is 0 Å². The van der Waals surface area contributed by atoms with Crippen molar-refractivity contribution in [2.45, 2.75) is 25.9 Å². The molecule has 0 aliphatic carbocycles. The highest BCUT2D eigenvalue weighted by Gasteiger charge is 2.43. The number of carbonyl (C=O) groups is 2. The van der Waals surface area contributed by atoms with E-state index in [1.165, 1.54) is 6.92 Å². The van der Waals surface area contributed by atoms with Crippen LogP contribution in [0.3, 0.4) is 0 Å². The number of ether oxygens (including phenoxy) is 1. The van der Waals surface area contributed by atoms with Crippen LogP contribution >= 0.6 is 15.9 Å². The van der Waals surface area contributed by atoms with E-state index in [1.807, 2.05) is 13.0 Å². The van der Waals surface area contributed by atoms with Crippen LogP contribution < -0.4 is 0 Å². The Hall–Kier alpha value is -1.36. The molecule has 0 aromatic heterocycles. The zero-order valence-corrected chi connectivity index (χ0v) is 11.0. The highest BCUT2D eigenvalue weighted by atomic mass is 79.9. The molecular formula is C12H11BrO4. The summed E-state index contributed by atoms with van der Waals surface area (Å²) in [7, 11) is 0. The molecule has 4 nitrogen and oxygen atoms in total. The molecule has 1 unspecified atom stereocenters. The fourth-order valence-electron chi connectivity index (χ4n) is 1.94. The first-order chi connectivity index (χ1) is 7.83. The fraction of sp³-hybridized carbons (Fsp3) is 0.333. The number of carbonyl (C=O) groups excluding carboxylic acids is 1. The first-order valence-electron chi connectivity index (χ1n) is 5.09. The van der Waals surface area contributed by atoms with E-state index in [0.29, 0.717) is 5.56 Å². The second kappa shape index (κ2) is 3.84. The first-order valence-corrected chi connectivity index (χ1v) is 5.88. The maximum atomic E-state index is 11.8. The Kier molecular flexibility index (Phi) is 2.73. The van der Waals surface area contributed by atoms with E-state index in [9.17, 15) is 9.59 Å². The molecule has 0 amide bonds. The van der Waals surface area contributed by atoms with Crippen molar-refractivity contribution in [3.63, 3.8) is 0 Å². The van der Waals surface area contributed by atoms with Crippen LogP contribution in [0, 0.1) is 6.92 Å². The van der Waals surface area contributed by atoms with Crippen LogP contribution in [0.4, 0.5) is 0 Å². The minimum atomic E-state index is -1.47. The van der Waals surface area contributed by atoms with Crippen molar-refractivity contribution in [1.29, 1.82) is 0 Å². The van der Waals surface area contributed by atoms with Crippen LogP contribution in [-0.2, 0) is 16.0 Å². The number of aryl methyl sites for hydroxylation is 1. The summed E-state index contributed by atoms with van der Waals surface area (Å²) in [6.45, 7) is 3.27. The van der Waals surface area contributed by atoms with Crippen molar-refractivity contribution in [1.82, 2.24) is 0 Å². The standard InChI is InChI=1S/C12H11BrO4/c1-6-3-7(13)4-8-9(6)5-12(2,11(15)16)17-10(8)14/h3-4H,5H2,1-2H3,(H,15,16). The summed E-state index contributed by atoms with van der Waals surface area (Å²) in [6, 6.07) is 3.52. The lowest BCUT2D eigenvalue weighted by Gasteiger charge is -2.31. The Labute approximate surface area is 107 Å². The van der Waals surface area contributed by atoms with Gasteiger partial charge in [0.15, 0.2) is 0 Å². The van der Waals surface area contributed by atoms with Gasteiger partial charge in [0.2, 0.25) is 5.60 Å². The molecule has 90 valence electrons. The number of fused-ring (bicyclic) bond motifs is 1. The quantitative estimate of drug-likeness (QED) is 0.808. The summed E-state index contributed by atoms with van der Waals surface area (Å²) in [5.74, 6) is -1.71. The fourth-order valence-corrected chi connectivity index (χ4v) is 2.51. The maximum absolute atomic E-state index is 11.8. The van der Waals surface area contributed by atoms with Gasteiger partial charge in [0.25, 0.3) is 0 Å². The van der Waals surface area contributed by atoms with Gasteiger partial charge in [-0.2, -0.15) is 0 Å².